The normalized spacial score (nSPS) is 10.8. The molecule has 28 heavy (non-hydrogen) atoms. The smallest absolute Gasteiger partial charge is 0.271 e. The van der Waals surface area contributed by atoms with E-state index >= 15 is 0 Å². The van der Waals surface area contributed by atoms with Crippen LogP contribution in [0.1, 0.15) is 16.1 Å². The van der Waals surface area contributed by atoms with Gasteiger partial charge in [0.15, 0.2) is 0 Å². The van der Waals surface area contributed by atoms with Crippen LogP contribution in [0.3, 0.4) is 0 Å². The maximum atomic E-state index is 12.1. The Balaban J connectivity index is 1.75. The van der Waals surface area contributed by atoms with Gasteiger partial charge in [0, 0.05) is 21.3 Å². The third kappa shape index (κ3) is 4.55. The fourth-order valence-corrected chi connectivity index (χ4v) is 2.96. The summed E-state index contributed by atoms with van der Waals surface area (Å²) in [4.78, 5) is 22.6. The number of furan rings is 1. The number of hydrogen-bond donors (Lipinski definition) is 1. The van der Waals surface area contributed by atoms with E-state index in [4.69, 9.17) is 9.15 Å². The number of methoxy groups -OCH3 is 1. The quantitative estimate of drug-likeness (QED) is 0.240. The first kappa shape index (κ1) is 19.5. The van der Waals surface area contributed by atoms with Gasteiger partial charge in [-0.2, -0.15) is 5.10 Å². The SMILES string of the molecule is COc1ccc([N+](=O)[O-])cc1-c1ccc(/C=N/NC(=O)c2cccc(I)c2)o1. The lowest BCUT2D eigenvalue weighted by Crippen LogP contribution is -2.17. The van der Waals surface area contributed by atoms with E-state index < -0.39 is 4.92 Å². The molecule has 3 aromatic rings. The summed E-state index contributed by atoms with van der Waals surface area (Å²) in [6.07, 6.45) is 1.35. The monoisotopic (exact) mass is 491 g/mol. The number of rotatable bonds is 6. The molecule has 0 atom stereocenters. The van der Waals surface area contributed by atoms with Gasteiger partial charge in [0.05, 0.1) is 23.8 Å². The number of benzene rings is 2. The number of non-ortho nitro benzene ring substituents is 1. The molecule has 9 heteroatoms. The van der Waals surface area contributed by atoms with Crippen molar-refractivity contribution >= 4 is 40.4 Å². The molecule has 8 nitrogen and oxygen atoms in total. The van der Waals surface area contributed by atoms with Gasteiger partial charge in [-0.05, 0) is 59.0 Å². The highest BCUT2D eigenvalue weighted by atomic mass is 127. The molecular weight excluding hydrogens is 477 g/mol. The van der Waals surface area contributed by atoms with Crippen molar-refractivity contribution in [3.63, 3.8) is 0 Å². The molecule has 0 saturated carbocycles. The predicted octanol–water partition coefficient (Wildman–Crippen LogP) is 4.23. The number of hydrazone groups is 1. The topological polar surface area (TPSA) is 107 Å². The first-order valence-corrected chi connectivity index (χ1v) is 9.07. The molecule has 0 spiro atoms. The van der Waals surface area contributed by atoms with Crippen LogP contribution < -0.4 is 10.2 Å². The maximum Gasteiger partial charge on any atom is 0.271 e. The molecular formula is C19H14IN3O5. The van der Waals surface area contributed by atoms with Gasteiger partial charge in [-0.1, -0.05) is 6.07 Å². The molecule has 142 valence electrons. The highest BCUT2D eigenvalue weighted by Gasteiger charge is 2.15. The van der Waals surface area contributed by atoms with Crippen LogP contribution in [0.2, 0.25) is 0 Å². The molecule has 0 aliphatic rings. The van der Waals surface area contributed by atoms with Gasteiger partial charge < -0.3 is 9.15 Å². The first-order valence-electron chi connectivity index (χ1n) is 7.99. The van der Waals surface area contributed by atoms with Crippen LogP contribution >= 0.6 is 22.6 Å². The van der Waals surface area contributed by atoms with Crippen molar-refractivity contribution in [2.75, 3.05) is 7.11 Å². The number of carbonyl (C=O) groups is 1. The van der Waals surface area contributed by atoms with Crippen molar-refractivity contribution in [3.05, 3.63) is 79.6 Å². The number of nitrogens with zero attached hydrogens (tertiary/aromatic N) is 2. The molecule has 1 amide bonds. The average Bonchev–Trinajstić information content (AvgIpc) is 3.16. The zero-order valence-electron chi connectivity index (χ0n) is 14.6. The molecule has 0 radical (unpaired) electrons. The minimum absolute atomic E-state index is 0.0767. The summed E-state index contributed by atoms with van der Waals surface area (Å²) >= 11 is 2.12. The third-order valence-electron chi connectivity index (χ3n) is 3.73. The van der Waals surface area contributed by atoms with E-state index in [1.807, 2.05) is 6.07 Å². The first-order chi connectivity index (χ1) is 13.5. The van der Waals surface area contributed by atoms with Crippen molar-refractivity contribution in [3.8, 4) is 17.1 Å². The Bertz CT molecular complexity index is 1060. The Morgan fingerprint density at radius 2 is 2.07 bits per heavy atom. The molecule has 0 unspecified atom stereocenters. The van der Waals surface area contributed by atoms with Gasteiger partial charge in [-0.25, -0.2) is 5.43 Å². The van der Waals surface area contributed by atoms with Crippen molar-refractivity contribution in [2.45, 2.75) is 0 Å². The van der Waals surface area contributed by atoms with Gasteiger partial charge in [0.1, 0.15) is 17.3 Å². The molecule has 3 rings (SSSR count). The lowest BCUT2D eigenvalue weighted by molar-refractivity contribution is -0.384. The fourth-order valence-electron chi connectivity index (χ4n) is 2.42. The Kier molecular flexibility index (Phi) is 6.04. The van der Waals surface area contributed by atoms with E-state index in [9.17, 15) is 14.9 Å². The van der Waals surface area contributed by atoms with Crippen molar-refractivity contribution in [2.24, 2.45) is 5.10 Å². The van der Waals surface area contributed by atoms with Gasteiger partial charge >= 0.3 is 0 Å². The minimum atomic E-state index is -0.492. The van der Waals surface area contributed by atoms with Crippen molar-refractivity contribution in [1.82, 2.24) is 5.43 Å². The Hall–Kier alpha value is -3.21. The van der Waals surface area contributed by atoms with Gasteiger partial charge in [-0.3, -0.25) is 14.9 Å². The summed E-state index contributed by atoms with van der Waals surface area (Å²) in [5.41, 5.74) is 3.28. The predicted molar refractivity (Wildman–Crippen MR) is 112 cm³/mol. The van der Waals surface area contributed by atoms with E-state index in [0.717, 1.165) is 3.57 Å². The number of halogens is 1. The summed E-state index contributed by atoms with van der Waals surface area (Å²) in [6.45, 7) is 0. The van der Waals surface area contributed by atoms with E-state index in [-0.39, 0.29) is 11.6 Å². The summed E-state index contributed by atoms with van der Waals surface area (Å²) < 4.78 is 11.8. The standard InChI is InChI=1S/C19H14IN3O5/c1-27-17-7-5-14(23(25)26)10-16(17)18-8-6-15(28-18)11-21-22-19(24)12-3-2-4-13(20)9-12/h2-11H,1H3,(H,22,24)/b21-11+. The van der Waals surface area contributed by atoms with Crippen LogP contribution in [-0.2, 0) is 0 Å². The second kappa shape index (κ2) is 8.65. The molecule has 0 aliphatic carbocycles. The number of amides is 1. The second-order valence-corrected chi connectivity index (χ2v) is 6.80. The van der Waals surface area contributed by atoms with E-state index in [1.54, 1.807) is 30.3 Å². The van der Waals surface area contributed by atoms with Gasteiger partial charge in [-0.15, -0.1) is 0 Å². The summed E-state index contributed by atoms with van der Waals surface area (Å²) in [5.74, 6) is 0.842. The van der Waals surface area contributed by atoms with Crippen LogP contribution in [-0.4, -0.2) is 24.2 Å². The highest BCUT2D eigenvalue weighted by molar-refractivity contribution is 14.1. The fraction of sp³-hybridized carbons (Fsp3) is 0.0526. The van der Waals surface area contributed by atoms with E-state index in [0.29, 0.717) is 28.4 Å². The zero-order chi connectivity index (χ0) is 20.1. The molecule has 1 N–H and O–H groups in total. The van der Waals surface area contributed by atoms with Gasteiger partial charge in [0.25, 0.3) is 11.6 Å². The summed E-state index contributed by atoms with van der Waals surface area (Å²) in [5, 5.41) is 14.9. The molecule has 1 aromatic heterocycles. The van der Waals surface area contributed by atoms with Crippen LogP contribution in [0.25, 0.3) is 11.3 Å². The van der Waals surface area contributed by atoms with E-state index in [2.05, 4.69) is 33.1 Å². The number of nitrogens with one attached hydrogen (secondary N) is 1. The van der Waals surface area contributed by atoms with Gasteiger partial charge in [0.2, 0.25) is 0 Å². The van der Waals surface area contributed by atoms with Crippen molar-refractivity contribution < 1.29 is 18.9 Å². The lowest BCUT2D eigenvalue weighted by Gasteiger charge is -2.05. The Morgan fingerprint density at radius 3 is 2.79 bits per heavy atom. The molecule has 2 aromatic carbocycles. The highest BCUT2D eigenvalue weighted by Crippen LogP contribution is 2.34. The lowest BCUT2D eigenvalue weighted by atomic mass is 10.1. The molecule has 0 saturated heterocycles. The zero-order valence-corrected chi connectivity index (χ0v) is 16.7. The number of nitro benzene ring substituents is 1. The number of carbonyl (C=O) groups excluding carboxylic acids is 1. The average molecular weight is 491 g/mol. The van der Waals surface area contributed by atoms with E-state index in [1.165, 1.54) is 31.5 Å². The van der Waals surface area contributed by atoms with Crippen LogP contribution in [0.15, 0.2) is 64.1 Å². The molecule has 1 heterocycles. The number of nitro groups is 1. The van der Waals surface area contributed by atoms with Crippen LogP contribution in [0, 0.1) is 13.7 Å². The molecule has 0 fully saturated rings. The minimum Gasteiger partial charge on any atom is -0.496 e. The van der Waals surface area contributed by atoms with Crippen LogP contribution in [0.5, 0.6) is 5.75 Å². The Labute approximate surface area is 173 Å². The summed E-state index contributed by atoms with van der Waals surface area (Å²) in [6, 6.07) is 14.6. The van der Waals surface area contributed by atoms with Crippen LogP contribution in [0.4, 0.5) is 5.69 Å². The van der Waals surface area contributed by atoms with Crippen molar-refractivity contribution in [1.29, 1.82) is 0 Å². The molecule has 0 aliphatic heterocycles. The second-order valence-electron chi connectivity index (χ2n) is 5.55. The third-order valence-corrected chi connectivity index (χ3v) is 4.40. The Morgan fingerprint density at radius 1 is 1.25 bits per heavy atom. The molecule has 0 bridgehead atoms. The summed E-state index contributed by atoms with van der Waals surface area (Å²) in [7, 11) is 1.47. The maximum absolute atomic E-state index is 12.1. The largest absolute Gasteiger partial charge is 0.496 e. The number of ether oxygens (including phenoxy) is 1. The number of hydrogen-bond acceptors (Lipinski definition) is 6.